The number of benzene rings is 1. The molecule has 2 aromatic rings. The average Bonchev–Trinajstić information content (AvgIpc) is 3.11. The van der Waals surface area contributed by atoms with E-state index in [0.717, 1.165) is 48.8 Å². The number of aryl methyl sites for hydroxylation is 1. The van der Waals surface area contributed by atoms with Crippen LogP contribution < -0.4 is 10.1 Å². The maximum absolute atomic E-state index is 12.7. The molecular weight excluding hydrogens is 344 g/mol. The third-order valence-electron chi connectivity index (χ3n) is 4.94. The van der Waals surface area contributed by atoms with Crippen molar-refractivity contribution in [3.05, 3.63) is 47.3 Å². The number of urea groups is 1. The smallest absolute Gasteiger partial charge is 0.317 e. The van der Waals surface area contributed by atoms with Gasteiger partial charge >= 0.3 is 6.03 Å². The predicted molar refractivity (Wildman–Crippen MR) is 103 cm³/mol. The van der Waals surface area contributed by atoms with Crippen molar-refractivity contribution >= 4 is 6.03 Å². The van der Waals surface area contributed by atoms with Crippen molar-refractivity contribution in [2.45, 2.75) is 32.9 Å². The number of nitrogens with one attached hydrogen (secondary N) is 1. The first-order valence-electron chi connectivity index (χ1n) is 9.43. The fourth-order valence-corrected chi connectivity index (χ4v) is 3.32. The fourth-order valence-electron chi connectivity index (χ4n) is 3.32. The highest BCUT2D eigenvalue weighted by molar-refractivity contribution is 5.74. The SMILES string of the molecule is CCC(NC(=O)N1CCN(Cc2cc(C)no2)CC1)c1ccc(OC)cc1. The number of nitrogens with zero attached hydrogens (tertiary/aromatic N) is 3. The molecule has 3 rings (SSSR count). The molecular formula is C20H28N4O3. The molecule has 0 bridgehead atoms. The molecule has 1 fully saturated rings. The average molecular weight is 372 g/mol. The lowest BCUT2D eigenvalue weighted by molar-refractivity contribution is 0.126. The molecule has 0 spiro atoms. The summed E-state index contributed by atoms with van der Waals surface area (Å²) in [6.07, 6.45) is 0.836. The van der Waals surface area contributed by atoms with Crippen molar-refractivity contribution in [2.75, 3.05) is 33.3 Å². The first-order chi connectivity index (χ1) is 13.1. The lowest BCUT2D eigenvalue weighted by Gasteiger charge is -2.35. The summed E-state index contributed by atoms with van der Waals surface area (Å²) < 4.78 is 10.5. The van der Waals surface area contributed by atoms with Gasteiger partial charge in [0.15, 0.2) is 5.76 Å². The largest absolute Gasteiger partial charge is 0.497 e. The zero-order valence-electron chi connectivity index (χ0n) is 16.3. The zero-order chi connectivity index (χ0) is 19.2. The Hall–Kier alpha value is -2.54. The monoisotopic (exact) mass is 372 g/mol. The fraction of sp³-hybridized carbons (Fsp3) is 0.500. The topological polar surface area (TPSA) is 70.8 Å². The maximum atomic E-state index is 12.7. The molecule has 2 amide bonds. The Bertz CT molecular complexity index is 736. The second-order valence-corrected chi connectivity index (χ2v) is 6.88. The number of amides is 2. The van der Waals surface area contributed by atoms with E-state index >= 15 is 0 Å². The number of hydrogen-bond donors (Lipinski definition) is 1. The molecule has 0 saturated carbocycles. The molecule has 27 heavy (non-hydrogen) atoms. The van der Waals surface area contributed by atoms with Crippen molar-refractivity contribution in [3.8, 4) is 5.75 Å². The van der Waals surface area contributed by atoms with Crippen LogP contribution in [0.2, 0.25) is 0 Å². The number of aromatic nitrogens is 1. The van der Waals surface area contributed by atoms with Crippen LogP contribution in [0.3, 0.4) is 0 Å². The van der Waals surface area contributed by atoms with E-state index in [1.165, 1.54) is 0 Å². The van der Waals surface area contributed by atoms with E-state index in [9.17, 15) is 4.79 Å². The molecule has 1 aromatic carbocycles. The van der Waals surface area contributed by atoms with E-state index in [1.807, 2.05) is 42.2 Å². The first-order valence-corrected chi connectivity index (χ1v) is 9.43. The van der Waals surface area contributed by atoms with E-state index in [2.05, 4.69) is 22.3 Å². The van der Waals surface area contributed by atoms with Gasteiger partial charge in [0.05, 0.1) is 25.4 Å². The highest BCUT2D eigenvalue weighted by atomic mass is 16.5. The van der Waals surface area contributed by atoms with Gasteiger partial charge in [-0.1, -0.05) is 24.2 Å². The molecule has 1 aliphatic rings. The highest BCUT2D eigenvalue weighted by Crippen LogP contribution is 2.20. The third kappa shape index (κ3) is 5.01. The maximum Gasteiger partial charge on any atom is 0.317 e. The van der Waals surface area contributed by atoms with Gasteiger partial charge in [-0.05, 0) is 31.0 Å². The van der Waals surface area contributed by atoms with Gasteiger partial charge in [0, 0.05) is 32.2 Å². The van der Waals surface area contributed by atoms with E-state index in [1.54, 1.807) is 7.11 Å². The number of carbonyl (C=O) groups is 1. The lowest BCUT2D eigenvalue weighted by atomic mass is 10.0. The van der Waals surface area contributed by atoms with Gasteiger partial charge < -0.3 is 19.5 Å². The summed E-state index contributed by atoms with van der Waals surface area (Å²) >= 11 is 0. The summed E-state index contributed by atoms with van der Waals surface area (Å²) in [5.41, 5.74) is 1.98. The molecule has 7 nitrogen and oxygen atoms in total. The number of methoxy groups -OCH3 is 1. The Morgan fingerprint density at radius 3 is 2.52 bits per heavy atom. The van der Waals surface area contributed by atoms with Crippen molar-refractivity contribution < 1.29 is 14.1 Å². The molecule has 0 radical (unpaired) electrons. The predicted octanol–water partition coefficient (Wildman–Crippen LogP) is 2.97. The van der Waals surface area contributed by atoms with Crippen molar-refractivity contribution in [1.29, 1.82) is 0 Å². The summed E-state index contributed by atoms with van der Waals surface area (Å²) in [6, 6.07) is 9.81. The molecule has 1 atom stereocenters. The Kier molecular flexibility index (Phi) is 6.34. The minimum Gasteiger partial charge on any atom is -0.497 e. The highest BCUT2D eigenvalue weighted by Gasteiger charge is 2.23. The summed E-state index contributed by atoms with van der Waals surface area (Å²) in [7, 11) is 1.65. The molecule has 1 N–H and O–H groups in total. The molecule has 0 aliphatic carbocycles. The van der Waals surface area contributed by atoms with Crippen molar-refractivity contribution in [3.63, 3.8) is 0 Å². The van der Waals surface area contributed by atoms with Crippen LogP contribution in [0, 0.1) is 6.92 Å². The molecule has 1 saturated heterocycles. The van der Waals surface area contributed by atoms with E-state index in [-0.39, 0.29) is 12.1 Å². The van der Waals surface area contributed by atoms with Gasteiger partial charge in [-0.25, -0.2) is 4.79 Å². The Morgan fingerprint density at radius 2 is 1.96 bits per heavy atom. The minimum absolute atomic E-state index is 0.00129. The third-order valence-corrected chi connectivity index (χ3v) is 4.94. The van der Waals surface area contributed by atoms with Crippen LogP contribution >= 0.6 is 0 Å². The van der Waals surface area contributed by atoms with E-state index in [4.69, 9.17) is 9.26 Å². The lowest BCUT2D eigenvalue weighted by Crippen LogP contribution is -2.51. The number of hydrogen-bond acceptors (Lipinski definition) is 5. The number of rotatable bonds is 6. The quantitative estimate of drug-likeness (QED) is 0.844. The van der Waals surface area contributed by atoms with Gasteiger partial charge in [-0.15, -0.1) is 0 Å². The summed E-state index contributed by atoms with van der Waals surface area (Å²) in [5.74, 6) is 1.69. The number of piperazine rings is 1. The van der Waals surface area contributed by atoms with Crippen LogP contribution in [-0.4, -0.2) is 54.3 Å². The number of carbonyl (C=O) groups excluding carboxylic acids is 1. The van der Waals surface area contributed by atoms with Gasteiger partial charge in [0.1, 0.15) is 5.75 Å². The van der Waals surface area contributed by atoms with Gasteiger partial charge in [-0.3, -0.25) is 4.90 Å². The molecule has 2 heterocycles. The zero-order valence-corrected chi connectivity index (χ0v) is 16.3. The van der Waals surface area contributed by atoms with Crippen LogP contribution in [0.4, 0.5) is 4.79 Å². The summed E-state index contributed by atoms with van der Waals surface area (Å²) in [6.45, 7) is 7.80. The molecule has 1 aliphatic heterocycles. The van der Waals surface area contributed by atoms with Crippen LogP contribution in [0.15, 0.2) is 34.9 Å². The Labute approximate surface area is 160 Å². The van der Waals surface area contributed by atoms with Crippen LogP contribution in [-0.2, 0) is 6.54 Å². The molecule has 146 valence electrons. The molecule has 1 unspecified atom stereocenters. The number of ether oxygens (including phenoxy) is 1. The standard InChI is InChI=1S/C20H28N4O3/c1-4-19(16-5-7-17(26-3)8-6-16)21-20(25)24-11-9-23(10-12-24)14-18-13-15(2)22-27-18/h5-8,13,19H,4,9-12,14H2,1-3H3,(H,21,25). The second kappa shape index (κ2) is 8.90. The first kappa shape index (κ1) is 19.2. The van der Waals surface area contributed by atoms with Crippen LogP contribution in [0.25, 0.3) is 0 Å². The van der Waals surface area contributed by atoms with Gasteiger partial charge in [-0.2, -0.15) is 0 Å². The van der Waals surface area contributed by atoms with Gasteiger partial charge in [0.25, 0.3) is 0 Å². The van der Waals surface area contributed by atoms with E-state index < -0.39 is 0 Å². The van der Waals surface area contributed by atoms with Crippen LogP contribution in [0.1, 0.15) is 36.4 Å². The van der Waals surface area contributed by atoms with E-state index in [0.29, 0.717) is 13.1 Å². The molecule has 7 heteroatoms. The second-order valence-electron chi connectivity index (χ2n) is 6.88. The normalized spacial score (nSPS) is 16.2. The van der Waals surface area contributed by atoms with Crippen molar-refractivity contribution in [1.82, 2.24) is 20.3 Å². The summed E-state index contributed by atoms with van der Waals surface area (Å²) in [5, 5.41) is 7.08. The van der Waals surface area contributed by atoms with Crippen molar-refractivity contribution in [2.24, 2.45) is 0 Å². The van der Waals surface area contributed by atoms with Gasteiger partial charge in [0.2, 0.25) is 0 Å². The molecule has 1 aromatic heterocycles. The summed E-state index contributed by atoms with van der Waals surface area (Å²) in [4.78, 5) is 16.8. The minimum atomic E-state index is -0.00664. The Balaban J connectivity index is 1.50. The Morgan fingerprint density at radius 1 is 1.26 bits per heavy atom. The van der Waals surface area contributed by atoms with Crippen LogP contribution in [0.5, 0.6) is 5.75 Å².